The molecule has 4 rings (SSSR count). The van der Waals surface area contributed by atoms with Gasteiger partial charge >= 0.3 is 6.09 Å². The van der Waals surface area contributed by atoms with Crippen LogP contribution >= 0.6 is 0 Å². The molecule has 1 saturated heterocycles. The van der Waals surface area contributed by atoms with Crippen molar-refractivity contribution in [2.75, 3.05) is 19.7 Å². The van der Waals surface area contributed by atoms with E-state index in [2.05, 4.69) is 24.3 Å². The van der Waals surface area contributed by atoms with E-state index in [0.717, 1.165) is 11.1 Å². The van der Waals surface area contributed by atoms with Crippen molar-refractivity contribution in [1.82, 2.24) is 4.90 Å². The highest BCUT2D eigenvalue weighted by Crippen LogP contribution is 2.44. The third-order valence-electron chi connectivity index (χ3n) is 4.85. The molecule has 1 heterocycles. The molecule has 0 saturated carbocycles. The van der Waals surface area contributed by atoms with Gasteiger partial charge in [-0.15, -0.1) is 0 Å². The second-order valence-corrected chi connectivity index (χ2v) is 6.34. The summed E-state index contributed by atoms with van der Waals surface area (Å²) in [6, 6.07) is 16.3. The van der Waals surface area contributed by atoms with Crippen LogP contribution in [0.3, 0.4) is 0 Å². The highest BCUT2D eigenvalue weighted by Gasteiger charge is 2.35. The van der Waals surface area contributed by atoms with E-state index in [-0.39, 0.29) is 25.6 Å². The molecule has 1 amide bonds. The fourth-order valence-corrected chi connectivity index (χ4v) is 3.60. The van der Waals surface area contributed by atoms with Crippen LogP contribution in [0.25, 0.3) is 11.1 Å². The molecule has 2 aliphatic rings. The molecule has 5 nitrogen and oxygen atoms in total. The highest BCUT2D eigenvalue weighted by atomic mass is 16.6. The van der Waals surface area contributed by atoms with Crippen LogP contribution in [0.15, 0.2) is 48.5 Å². The molecule has 0 aromatic heterocycles. The molecular formula is C19H19NO4. The Morgan fingerprint density at radius 1 is 0.958 bits per heavy atom. The number of aliphatic hydroxyl groups excluding tert-OH is 2. The minimum Gasteiger partial charge on any atom is -0.448 e. The maximum atomic E-state index is 12.2. The number of ether oxygens (including phenoxy) is 1. The molecule has 1 aliphatic heterocycles. The molecule has 24 heavy (non-hydrogen) atoms. The lowest BCUT2D eigenvalue weighted by atomic mass is 9.98. The van der Waals surface area contributed by atoms with Gasteiger partial charge in [-0.05, 0) is 22.3 Å². The summed E-state index contributed by atoms with van der Waals surface area (Å²) in [4.78, 5) is 13.5. The Labute approximate surface area is 140 Å². The SMILES string of the molecule is O=C(OCC1c2ccccc2-c2ccccc21)N1C[C@H](O)[C@@H](O)C1. The first kappa shape index (κ1) is 15.2. The van der Waals surface area contributed by atoms with E-state index >= 15 is 0 Å². The van der Waals surface area contributed by atoms with Crippen LogP contribution in [0, 0.1) is 0 Å². The van der Waals surface area contributed by atoms with Crippen molar-refractivity contribution in [3.8, 4) is 11.1 Å². The van der Waals surface area contributed by atoms with E-state index in [0.29, 0.717) is 0 Å². The fraction of sp³-hybridized carbons (Fsp3) is 0.316. The number of nitrogens with zero attached hydrogens (tertiary/aromatic N) is 1. The number of benzene rings is 2. The molecular weight excluding hydrogens is 306 g/mol. The summed E-state index contributed by atoms with van der Waals surface area (Å²) < 4.78 is 5.49. The number of fused-ring (bicyclic) bond motifs is 3. The zero-order valence-corrected chi connectivity index (χ0v) is 13.1. The molecule has 0 radical (unpaired) electrons. The molecule has 5 heteroatoms. The second-order valence-electron chi connectivity index (χ2n) is 6.34. The van der Waals surface area contributed by atoms with Crippen LogP contribution in [-0.2, 0) is 4.74 Å². The normalized spacial score (nSPS) is 22.3. The Hall–Kier alpha value is -2.37. The number of likely N-dealkylation sites (tertiary alicyclic amines) is 1. The first-order valence-electron chi connectivity index (χ1n) is 8.11. The van der Waals surface area contributed by atoms with E-state index in [1.54, 1.807) is 0 Å². The molecule has 124 valence electrons. The van der Waals surface area contributed by atoms with Crippen LogP contribution in [0.1, 0.15) is 17.0 Å². The first-order chi connectivity index (χ1) is 11.6. The summed E-state index contributed by atoms with van der Waals surface area (Å²) >= 11 is 0. The van der Waals surface area contributed by atoms with Crippen LogP contribution in [-0.4, -0.2) is 53.1 Å². The van der Waals surface area contributed by atoms with E-state index in [1.165, 1.54) is 16.0 Å². The number of carbonyl (C=O) groups is 1. The van der Waals surface area contributed by atoms with Crippen molar-refractivity contribution in [2.45, 2.75) is 18.1 Å². The highest BCUT2D eigenvalue weighted by molar-refractivity contribution is 5.79. The van der Waals surface area contributed by atoms with Gasteiger partial charge in [0, 0.05) is 5.92 Å². The molecule has 1 fully saturated rings. The Kier molecular flexibility index (Phi) is 3.75. The van der Waals surface area contributed by atoms with Gasteiger partial charge in [0.05, 0.1) is 25.3 Å². The Balaban J connectivity index is 1.52. The minimum absolute atomic E-state index is 0.0128. The smallest absolute Gasteiger partial charge is 0.409 e. The summed E-state index contributed by atoms with van der Waals surface area (Å²) in [5.41, 5.74) is 4.68. The second kappa shape index (κ2) is 5.92. The van der Waals surface area contributed by atoms with E-state index in [1.807, 2.05) is 24.3 Å². The monoisotopic (exact) mass is 325 g/mol. The van der Waals surface area contributed by atoms with E-state index < -0.39 is 18.3 Å². The Morgan fingerprint density at radius 2 is 1.46 bits per heavy atom. The largest absolute Gasteiger partial charge is 0.448 e. The molecule has 0 unspecified atom stereocenters. The number of hydrogen-bond donors (Lipinski definition) is 2. The van der Waals surface area contributed by atoms with Gasteiger partial charge in [0.15, 0.2) is 0 Å². The van der Waals surface area contributed by atoms with Gasteiger partial charge in [0.1, 0.15) is 6.61 Å². The van der Waals surface area contributed by atoms with Crippen molar-refractivity contribution < 1.29 is 19.7 Å². The summed E-state index contributed by atoms with van der Waals surface area (Å²) in [6.07, 6.45) is -2.29. The van der Waals surface area contributed by atoms with Crippen molar-refractivity contribution in [3.63, 3.8) is 0 Å². The lowest BCUT2D eigenvalue weighted by Crippen LogP contribution is -2.31. The molecule has 2 atom stereocenters. The van der Waals surface area contributed by atoms with Crippen molar-refractivity contribution in [1.29, 1.82) is 0 Å². The number of amides is 1. The topological polar surface area (TPSA) is 70.0 Å². The third kappa shape index (κ3) is 2.46. The molecule has 1 aliphatic carbocycles. The summed E-state index contributed by atoms with van der Waals surface area (Å²) in [5, 5.41) is 19.1. The first-order valence-corrected chi connectivity index (χ1v) is 8.11. The summed E-state index contributed by atoms with van der Waals surface area (Å²) in [6.45, 7) is 0.464. The number of β-amino-alcohol motifs (C(OH)–C–C–N with tert-alkyl or cyclic N) is 2. The average Bonchev–Trinajstić information content (AvgIpc) is 3.11. The molecule has 2 N–H and O–H groups in total. The third-order valence-corrected chi connectivity index (χ3v) is 4.85. The number of carbonyl (C=O) groups excluding carboxylic acids is 1. The van der Waals surface area contributed by atoms with Gasteiger partial charge in [0.2, 0.25) is 0 Å². The Morgan fingerprint density at radius 3 is 2.00 bits per heavy atom. The van der Waals surface area contributed by atoms with Gasteiger partial charge in [-0.3, -0.25) is 0 Å². The maximum Gasteiger partial charge on any atom is 0.409 e. The van der Waals surface area contributed by atoms with Crippen LogP contribution in [0.2, 0.25) is 0 Å². The van der Waals surface area contributed by atoms with Crippen molar-refractivity contribution in [3.05, 3.63) is 59.7 Å². The molecule has 2 aromatic rings. The molecule has 0 bridgehead atoms. The lowest BCUT2D eigenvalue weighted by Gasteiger charge is -2.18. The van der Waals surface area contributed by atoms with Gasteiger partial charge in [-0.2, -0.15) is 0 Å². The predicted octanol–water partition coefficient (Wildman–Crippen LogP) is 1.97. The van der Waals surface area contributed by atoms with Gasteiger partial charge < -0.3 is 19.8 Å². The number of rotatable bonds is 2. The summed E-state index contributed by atoms with van der Waals surface area (Å²) in [5.74, 6) is 0.0128. The predicted molar refractivity (Wildman–Crippen MR) is 88.7 cm³/mol. The summed E-state index contributed by atoms with van der Waals surface area (Å²) in [7, 11) is 0. The van der Waals surface area contributed by atoms with Crippen molar-refractivity contribution in [2.24, 2.45) is 0 Å². The fourth-order valence-electron chi connectivity index (χ4n) is 3.60. The standard InChI is InChI=1S/C19H19NO4/c21-17-9-20(10-18(17)22)19(23)24-11-16-14-7-3-1-5-12(14)13-6-2-4-8-15(13)16/h1-8,16-18,21-22H,9-11H2/t17-,18-/m0/s1. The minimum atomic E-state index is -0.898. The zero-order valence-electron chi connectivity index (χ0n) is 13.1. The van der Waals surface area contributed by atoms with Gasteiger partial charge in [-0.1, -0.05) is 48.5 Å². The quantitative estimate of drug-likeness (QED) is 0.886. The van der Waals surface area contributed by atoms with Gasteiger partial charge in [-0.25, -0.2) is 4.79 Å². The molecule has 2 aromatic carbocycles. The zero-order chi connectivity index (χ0) is 16.7. The number of aliphatic hydroxyl groups is 2. The Bertz CT molecular complexity index is 720. The van der Waals surface area contributed by atoms with E-state index in [4.69, 9.17) is 4.74 Å². The van der Waals surface area contributed by atoms with Gasteiger partial charge in [0.25, 0.3) is 0 Å². The van der Waals surface area contributed by atoms with Crippen LogP contribution < -0.4 is 0 Å². The average molecular weight is 325 g/mol. The molecule has 0 spiro atoms. The maximum absolute atomic E-state index is 12.2. The van der Waals surface area contributed by atoms with Crippen LogP contribution in [0.5, 0.6) is 0 Å². The van der Waals surface area contributed by atoms with E-state index in [9.17, 15) is 15.0 Å². The van der Waals surface area contributed by atoms with Crippen LogP contribution in [0.4, 0.5) is 4.79 Å². The lowest BCUT2D eigenvalue weighted by molar-refractivity contribution is 0.0572. The number of hydrogen-bond acceptors (Lipinski definition) is 4. The van der Waals surface area contributed by atoms with Crippen molar-refractivity contribution >= 4 is 6.09 Å².